The second-order valence-electron chi connectivity index (χ2n) is 2.44. The highest BCUT2D eigenvalue weighted by Gasteiger charge is 2.14. The molecule has 0 N–H and O–H groups in total. The minimum absolute atomic E-state index is 0. The van der Waals surface area contributed by atoms with Crippen LogP contribution in [0.1, 0.15) is 0 Å². The third kappa shape index (κ3) is 3.23. The average molecular weight is 319 g/mol. The lowest BCUT2D eigenvalue weighted by molar-refractivity contribution is -0.598. The number of aromatic nitrogens is 2. The Kier molecular flexibility index (Phi) is 4.82. The summed E-state index contributed by atoms with van der Waals surface area (Å²) >= 11 is -0.0963. The molecule has 14 heavy (non-hydrogen) atoms. The molecule has 0 aromatic carbocycles. The van der Waals surface area contributed by atoms with Gasteiger partial charge in [-0.05, 0) is 24.3 Å². The van der Waals surface area contributed by atoms with Gasteiger partial charge in [0.15, 0.2) is 0 Å². The quantitative estimate of drug-likeness (QED) is 0.523. The summed E-state index contributed by atoms with van der Waals surface area (Å²) in [5.41, 5.74) is 0. The zero-order valence-corrected chi connectivity index (χ0v) is 10.2. The molecular formula is C10H8ClIN2. The summed E-state index contributed by atoms with van der Waals surface area (Å²) in [4.78, 5) is 8.18. The fourth-order valence-electron chi connectivity index (χ4n) is 0.922. The van der Waals surface area contributed by atoms with Gasteiger partial charge in [0.1, 0.15) is 0 Å². The second-order valence-corrected chi connectivity index (χ2v) is 5.47. The molecule has 2 aromatic heterocycles. The lowest BCUT2D eigenvalue weighted by atomic mass is 10.5. The van der Waals surface area contributed by atoms with Crippen LogP contribution in [0.15, 0.2) is 49.1 Å². The van der Waals surface area contributed by atoms with Crippen molar-refractivity contribution >= 4 is 0 Å². The zero-order chi connectivity index (χ0) is 8.93. The van der Waals surface area contributed by atoms with Gasteiger partial charge in [0, 0.05) is 12.4 Å². The van der Waals surface area contributed by atoms with E-state index in [-0.39, 0.29) is 33.6 Å². The molecule has 0 spiro atoms. The van der Waals surface area contributed by atoms with Crippen molar-refractivity contribution in [1.82, 2.24) is 9.97 Å². The first-order chi connectivity index (χ1) is 6.45. The van der Waals surface area contributed by atoms with Crippen LogP contribution in [0.3, 0.4) is 0 Å². The molecular weight excluding hydrogens is 310 g/mol. The van der Waals surface area contributed by atoms with Crippen molar-refractivity contribution < 1.29 is 33.6 Å². The van der Waals surface area contributed by atoms with Crippen LogP contribution in [0.25, 0.3) is 0 Å². The van der Waals surface area contributed by atoms with E-state index >= 15 is 0 Å². The first kappa shape index (κ1) is 11.4. The molecule has 0 saturated heterocycles. The van der Waals surface area contributed by atoms with E-state index in [1.165, 1.54) is 7.14 Å². The Labute approximate surface area is 99.5 Å². The molecule has 0 amide bonds. The largest absolute Gasteiger partial charge is 1.00 e. The molecule has 0 bridgehead atoms. The van der Waals surface area contributed by atoms with E-state index in [4.69, 9.17) is 0 Å². The fraction of sp³-hybridized carbons (Fsp3) is 0. The molecule has 0 aliphatic heterocycles. The Hall–Kier alpha value is -0.680. The van der Waals surface area contributed by atoms with Crippen molar-refractivity contribution in [2.75, 3.05) is 0 Å². The minimum Gasteiger partial charge on any atom is -1.00 e. The van der Waals surface area contributed by atoms with Gasteiger partial charge in [-0.2, -0.15) is 0 Å². The van der Waals surface area contributed by atoms with Crippen molar-refractivity contribution in [2.24, 2.45) is 0 Å². The summed E-state index contributed by atoms with van der Waals surface area (Å²) in [6.45, 7) is 0. The van der Waals surface area contributed by atoms with Crippen molar-refractivity contribution in [2.45, 2.75) is 0 Å². The summed E-state index contributed by atoms with van der Waals surface area (Å²) in [7, 11) is 0. The number of hydrogen-bond acceptors (Lipinski definition) is 2. The van der Waals surface area contributed by atoms with Crippen LogP contribution in [-0.4, -0.2) is 9.97 Å². The number of rotatable bonds is 2. The third-order valence-electron chi connectivity index (χ3n) is 1.47. The molecule has 0 saturated carbocycles. The molecule has 0 radical (unpaired) electrons. The number of hydrogen-bond donors (Lipinski definition) is 0. The summed E-state index contributed by atoms with van der Waals surface area (Å²) in [5, 5.41) is 0. The zero-order valence-electron chi connectivity index (χ0n) is 7.27. The Balaban J connectivity index is 0.000000980. The second kappa shape index (κ2) is 5.93. The lowest BCUT2D eigenvalue weighted by Crippen LogP contribution is -3.61. The molecule has 2 nitrogen and oxygen atoms in total. The van der Waals surface area contributed by atoms with E-state index < -0.39 is 0 Å². The van der Waals surface area contributed by atoms with E-state index in [0.29, 0.717) is 0 Å². The molecule has 2 rings (SSSR count). The topological polar surface area (TPSA) is 25.8 Å². The van der Waals surface area contributed by atoms with Gasteiger partial charge in [0.05, 0.1) is 12.4 Å². The first-order valence-electron chi connectivity index (χ1n) is 3.90. The number of halogens is 2. The molecule has 0 aliphatic rings. The fourth-order valence-corrected chi connectivity index (χ4v) is 3.02. The van der Waals surface area contributed by atoms with Gasteiger partial charge < -0.3 is 12.4 Å². The SMILES string of the molecule is [Cl-].c1cncc([I+]c2cccnc2)c1. The van der Waals surface area contributed by atoms with E-state index in [1.807, 2.05) is 24.5 Å². The Morgan fingerprint density at radius 1 is 0.857 bits per heavy atom. The van der Waals surface area contributed by atoms with Crippen molar-refractivity contribution in [3.63, 3.8) is 0 Å². The molecule has 4 heteroatoms. The molecule has 0 unspecified atom stereocenters. The van der Waals surface area contributed by atoms with Crippen LogP contribution >= 0.6 is 0 Å². The van der Waals surface area contributed by atoms with Crippen molar-refractivity contribution in [3.8, 4) is 0 Å². The van der Waals surface area contributed by atoms with Crippen LogP contribution in [0.4, 0.5) is 0 Å². The maximum absolute atomic E-state index is 4.09. The van der Waals surface area contributed by atoms with Gasteiger partial charge in [-0.3, -0.25) is 9.97 Å². The van der Waals surface area contributed by atoms with Gasteiger partial charge >= 0.3 is 21.2 Å². The molecule has 0 fully saturated rings. The van der Waals surface area contributed by atoms with Crippen LogP contribution in [0.2, 0.25) is 0 Å². The summed E-state index contributed by atoms with van der Waals surface area (Å²) in [6, 6.07) is 8.19. The average Bonchev–Trinajstić information content (AvgIpc) is 2.21. The predicted molar refractivity (Wildman–Crippen MR) is 45.9 cm³/mol. The van der Waals surface area contributed by atoms with Crippen LogP contribution < -0.4 is 33.6 Å². The Morgan fingerprint density at radius 2 is 1.36 bits per heavy atom. The van der Waals surface area contributed by atoms with Gasteiger partial charge in [-0.25, -0.2) is 0 Å². The molecule has 0 atom stereocenters. The van der Waals surface area contributed by atoms with Gasteiger partial charge in [0.25, 0.3) is 0 Å². The van der Waals surface area contributed by atoms with Crippen LogP contribution in [0, 0.1) is 7.14 Å². The van der Waals surface area contributed by atoms with Crippen molar-refractivity contribution in [1.29, 1.82) is 0 Å². The van der Waals surface area contributed by atoms with Crippen LogP contribution in [-0.2, 0) is 0 Å². The van der Waals surface area contributed by atoms with E-state index in [0.717, 1.165) is 0 Å². The van der Waals surface area contributed by atoms with Crippen molar-refractivity contribution in [3.05, 3.63) is 56.2 Å². The van der Waals surface area contributed by atoms with Gasteiger partial charge in [-0.1, -0.05) is 0 Å². The summed E-state index contributed by atoms with van der Waals surface area (Å²) in [5.74, 6) is 0. The molecule has 0 aliphatic carbocycles. The number of pyridine rings is 2. The summed E-state index contributed by atoms with van der Waals surface area (Å²) < 4.78 is 2.66. The standard InChI is InChI=1S/C10H8IN2.ClH/c1-3-9(7-12-5-1)11-10-4-2-6-13-8-10;/h1-8H;1H/q+1;/p-1. The van der Waals surface area contributed by atoms with E-state index in [9.17, 15) is 0 Å². The third-order valence-corrected chi connectivity index (χ3v) is 3.99. The Morgan fingerprint density at radius 3 is 1.71 bits per heavy atom. The highest BCUT2D eigenvalue weighted by atomic mass is 127. The number of nitrogens with zero attached hydrogens (tertiary/aromatic N) is 2. The normalized spacial score (nSPS) is 9.14. The smallest absolute Gasteiger partial charge is 0.361 e. The monoisotopic (exact) mass is 318 g/mol. The molecule has 2 aromatic rings. The maximum atomic E-state index is 4.09. The minimum atomic E-state index is -0.0963. The highest BCUT2D eigenvalue weighted by molar-refractivity contribution is 4.92. The first-order valence-corrected chi connectivity index (χ1v) is 6.06. The van der Waals surface area contributed by atoms with E-state index in [1.54, 1.807) is 12.4 Å². The summed E-state index contributed by atoms with van der Waals surface area (Å²) in [6.07, 6.45) is 7.47. The predicted octanol–water partition coefficient (Wildman–Crippen LogP) is -4.39. The van der Waals surface area contributed by atoms with E-state index in [2.05, 4.69) is 22.1 Å². The van der Waals surface area contributed by atoms with Gasteiger partial charge in [-0.15, -0.1) is 0 Å². The van der Waals surface area contributed by atoms with Crippen LogP contribution in [0.5, 0.6) is 0 Å². The molecule has 2 heterocycles. The highest BCUT2D eigenvalue weighted by Crippen LogP contribution is 1.80. The Bertz CT molecular complexity index is 329. The molecule has 72 valence electrons. The maximum Gasteiger partial charge on any atom is 0.361 e. The van der Waals surface area contributed by atoms with Gasteiger partial charge in [0.2, 0.25) is 7.14 Å². The lowest BCUT2D eigenvalue weighted by Gasteiger charge is -1.83.